The maximum atomic E-state index is 12.6. The van der Waals surface area contributed by atoms with Crippen molar-refractivity contribution in [1.29, 1.82) is 0 Å². The van der Waals surface area contributed by atoms with Crippen molar-refractivity contribution in [2.45, 2.75) is 6.54 Å². The standard InChI is InChI=1S/C15H16N6O2/c1-19(8-11-9-20(2)18-17-11)15(23)13-7-12(3-4-14(13)22)21-6-5-16-10-21/h3-7,9-10,22H,8H2,1-2H3. The van der Waals surface area contributed by atoms with Crippen LogP contribution in [0, 0.1) is 0 Å². The third-order valence-corrected chi connectivity index (χ3v) is 3.41. The van der Waals surface area contributed by atoms with Gasteiger partial charge in [-0.25, -0.2) is 4.98 Å². The first kappa shape index (κ1) is 14.8. The number of rotatable bonds is 4. The van der Waals surface area contributed by atoms with Gasteiger partial charge in [0.2, 0.25) is 0 Å². The summed E-state index contributed by atoms with van der Waals surface area (Å²) in [7, 11) is 3.42. The number of phenolic OH excluding ortho intramolecular Hbond substituents is 1. The molecule has 0 atom stereocenters. The molecule has 0 fully saturated rings. The summed E-state index contributed by atoms with van der Waals surface area (Å²) in [5.74, 6) is -0.361. The van der Waals surface area contributed by atoms with Crippen LogP contribution in [0.3, 0.4) is 0 Å². The number of phenols is 1. The van der Waals surface area contributed by atoms with Gasteiger partial charge in [-0.1, -0.05) is 5.21 Å². The molecule has 0 aliphatic rings. The molecule has 8 heteroatoms. The molecule has 23 heavy (non-hydrogen) atoms. The lowest BCUT2D eigenvalue weighted by atomic mass is 10.1. The molecule has 1 amide bonds. The van der Waals surface area contributed by atoms with Crippen LogP contribution in [0.15, 0.2) is 43.1 Å². The lowest BCUT2D eigenvalue weighted by Crippen LogP contribution is -2.26. The number of carbonyl (C=O) groups is 1. The molecular formula is C15H16N6O2. The largest absolute Gasteiger partial charge is 0.507 e. The minimum absolute atomic E-state index is 0.0649. The molecule has 0 aliphatic carbocycles. The summed E-state index contributed by atoms with van der Waals surface area (Å²) in [5, 5.41) is 17.8. The van der Waals surface area contributed by atoms with Crippen LogP contribution in [0.1, 0.15) is 16.1 Å². The van der Waals surface area contributed by atoms with E-state index in [4.69, 9.17) is 0 Å². The van der Waals surface area contributed by atoms with Crippen LogP contribution < -0.4 is 0 Å². The Morgan fingerprint density at radius 3 is 2.87 bits per heavy atom. The van der Waals surface area contributed by atoms with E-state index in [9.17, 15) is 9.90 Å². The zero-order valence-corrected chi connectivity index (χ0v) is 12.8. The molecule has 0 saturated carbocycles. The highest BCUT2D eigenvalue weighted by Crippen LogP contribution is 2.22. The molecule has 0 saturated heterocycles. The normalized spacial score (nSPS) is 10.7. The van der Waals surface area contributed by atoms with Gasteiger partial charge in [-0.15, -0.1) is 5.10 Å². The van der Waals surface area contributed by atoms with Crippen LogP contribution in [0.4, 0.5) is 0 Å². The predicted octanol–water partition coefficient (Wildman–Crippen LogP) is 0.979. The van der Waals surface area contributed by atoms with Gasteiger partial charge in [0.25, 0.3) is 5.91 Å². The molecule has 0 unspecified atom stereocenters. The third-order valence-electron chi connectivity index (χ3n) is 3.41. The van der Waals surface area contributed by atoms with E-state index in [1.54, 1.807) is 60.4 Å². The third kappa shape index (κ3) is 3.05. The molecule has 0 spiro atoms. The number of amides is 1. The molecule has 2 heterocycles. The van der Waals surface area contributed by atoms with Crippen LogP contribution >= 0.6 is 0 Å². The van der Waals surface area contributed by atoms with E-state index in [0.29, 0.717) is 12.2 Å². The van der Waals surface area contributed by atoms with Gasteiger partial charge in [0.15, 0.2) is 0 Å². The molecule has 1 aromatic carbocycles. The number of nitrogens with zero attached hydrogens (tertiary/aromatic N) is 6. The van der Waals surface area contributed by atoms with Gasteiger partial charge in [-0.05, 0) is 18.2 Å². The molecule has 3 aromatic rings. The van der Waals surface area contributed by atoms with Crippen molar-refractivity contribution in [1.82, 2.24) is 29.4 Å². The molecule has 2 aromatic heterocycles. The first-order valence-electron chi connectivity index (χ1n) is 6.96. The van der Waals surface area contributed by atoms with Crippen molar-refractivity contribution in [3.05, 3.63) is 54.4 Å². The van der Waals surface area contributed by atoms with Crippen LogP contribution in [-0.4, -0.2) is 47.5 Å². The molecule has 1 N–H and O–H groups in total. The lowest BCUT2D eigenvalue weighted by molar-refractivity contribution is 0.0780. The van der Waals surface area contributed by atoms with E-state index in [1.807, 2.05) is 0 Å². The number of hydrogen-bond donors (Lipinski definition) is 1. The van der Waals surface area contributed by atoms with Gasteiger partial charge in [0.05, 0.1) is 18.4 Å². The predicted molar refractivity (Wildman–Crippen MR) is 82.0 cm³/mol. The monoisotopic (exact) mass is 312 g/mol. The smallest absolute Gasteiger partial charge is 0.257 e. The van der Waals surface area contributed by atoms with E-state index in [1.165, 1.54) is 11.0 Å². The van der Waals surface area contributed by atoms with E-state index in [0.717, 1.165) is 5.69 Å². The second kappa shape index (κ2) is 5.91. The first-order valence-corrected chi connectivity index (χ1v) is 6.96. The Morgan fingerprint density at radius 2 is 2.22 bits per heavy atom. The summed E-state index contributed by atoms with van der Waals surface area (Å²) in [4.78, 5) is 18.0. The Balaban J connectivity index is 1.85. The van der Waals surface area contributed by atoms with Gasteiger partial charge < -0.3 is 14.6 Å². The topological polar surface area (TPSA) is 89.1 Å². The highest BCUT2D eigenvalue weighted by molar-refractivity contribution is 5.97. The highest BCUT2D eigenvalue weighted by atomic mass is 16.3. The fourth-order valence-corrected chi connectivity index (χ4v) is 2.26. The molecule has 0 aliphatic heterocycles. The Labute approximate surface area is 132 Å². The van der Waals surface area contributed by atoms with E-state index < -0.39 is 0 Å². The minimum Gasteiger partial charge on any atom is -0.507 e. The number of benzene rings is 1. The van der Waals surface area contributed by atoms with Gasteiger partial charge in [0, 0.05) is 38.4 Å². The summed E-state index contributed by atoms with van der Waals surface area (Å²) in [5.41, 5.74) is 1.65. The van der Waals surface area contributed by atoms with Crippen molar-refractivity contribution < 1.29 is 9.90 Å². The van der Waals surface area contributed by atoms with Gasteiger partial charge in [-0.2, -0.15) is 0 Å². The second-order valence-corrected chi connectivity index (χ2v) is 5.22. The molecule has 8 nitrogen and oxygen atoms in total. The van der Waals surface area contributed by atoms with Gasteiger partial charge >= 0.3 is 0 Å². The zero-order valence-electron chi connectivity index (χ0n) is 12.8. The zero-order chi connectivity index (χ0) is 16.4. The van der Waals surface area contributed by atoms with Crippen LogP contribution in [0.5, 0.6) is 5.75 Å². The van der Waals surface area contributed by atoms with Crippen LogP contribution in [-0.2, 0) is 13.6 Å². The fourth-order valence-electron chi connectivity index (χ4n) is 2.26. The second-order valence-electron chi connectivity index (χ2n) is 5.22. The molecule has 3 rings (SSSR count). The number of carbonyl (C=O) groups excluding carboxylic acids is 1. The van der Waals surface area contributed by atoms with Crippen molar-refractivity contribution >= 4 is 5.91 Å². The molecule has 0 bridgehead atoms. The SMILES string of the molecule is CN(Cc1cn(C)nn1)C(=O)c1cc(-n2ccnc2)ccc1O. The Kier molecular flexibility index (Phi) is 3.80. The maximum absolute atomic E-state index is 12.6. The summed E-state index contributed by atoms with van der Waals surface area (Å²) in [6, 6.07) is 4.85. The molecule has 0 radical (unpaired) electrons. The van der Waals surface area contributed by atoms with Crippen LogP contribution in [0.25, 0.3) is 5.69 Å². The Hall–Kier alpha value is -3.16. The van der Waals surface area contributed by atoms with Crippen LogP contribution in [0.2, 0.25) is 0 Å². The van der Waals surface area contributed by atoms with Gasteiger partial charge in [0.1, 0.15) is 11.4 Å². The maximum Gasteiger partial charge on any atom is 0.257 e. The van der Waals surface area contributed by atoms with Crippen molar-refractivity contribution in [2.24, 2.45) is 7.05 Å². The number of aromatic nitrogens is 5. The molecular weight excluding hydrogens is 296 g/mol. The first-order chi connectivity index (χ1) is 11.0. The Bertz CT molecular complexity index is 824. The number of hydrogen-bond acceptors (Lipinski definition) is 5. The average molecular weight is 312 g/mol. The summed E-state index contributed by atoms with van der Waals surface area (Å²) in [6.07, 6.45) is 6.79. The minimum atomic E-state index is -0.296. The van der Waals surface area contributed by atoms with Crippen molar-refractivity contribution in [3.63, 3.8) is 0 Å². The summed E-state index contributed by atoms with van der Waals surface area (Å²) >= 11 is 0. The summed E-state index contributed by atoms with van der Waals surface area (Å²) < 4.78 is 3.34. The van der Waals surface area contributed by atoms with E-state index in [-0.39, 0.29) is 17.2 Å². The quantitative estimate of drug-likeness (QED) is 0.775. The number of aryl methyl sites for hydroxylation is 1. The fraction of sp³-hybridized carbons (Fsp3) is 0.200. The average Bonchev–Trinajstić information content (AvgIpc) is 3.19. The summed E-state index contributed by atoms with van der Waals surface area (Å²) in [6.45, 7) is 0.307. The van der Waals surface area contributed by atoms with Crippen molar-refractivity contribution in [3.8, 4) is 11.4 Å². The van der Waals surface area contributed by atoms with E-state index >= 15 is 0 Å². The lowest BCUT2D eigenvalue weighted by Gasteiger charge is -2.17. The highest BCUT2D eigenvalue weighted by Gasteiger charge is 2.18. The Morgan fingerprint density at radius 1 is 1.39 bits per heavy atom. The molecule has 118 valence electrons. The number of aromatic hydroxyl groups is 1. The van der Waals surface area contributed by atoms with Crippen molar-refractivity contribution in [2.75, 3.05) is 7.05 Å². The van der Waals surface area contributed by atoms with E-state index in [2.05, 4.69) is 15.3 Å². The number of imidazole rings is 1. The van der Waals surface area contributed by atoms with Gasteiger partial charge in [-0.3, -0.25) is 9.48 Å².